The van der Waals surface area contributed by atoms with Gasteiger partial charge < -0.3 is 0 Å². The van der Waals surface area contributed by atoms with E-state index in [4.69, 9.17) is 4.55 Å². The summed E-state index contributed by atoms with van der Waals surface area (Å²) in [6.07, 6.45) is 0. The van der Waals surface area contributed by atoms with Gasteiger partial charge >= 0.3 is 0 Å². The van der Waals surface area contributed by atoms with E-state index in [-0.39, 0.29) is 0 Å². The number of benzene rings is 2. The van der Waals surface area contributed by atoms with Gasteiger partial charge in [-0.05, 0) is 24.3 Å². The Morgan fingerprint density at radius 2 is 1.50 bits per heavy atom. The van der Waals surface area contributed by atoms with Crippen LogP contribution >= 0.6 is 0 Å². The summed E-state index contributed by atoms with van der Waals surface area (Å²) in [5.74, 6) is -3.38. The van der Waals surface area contributed by atoms with Crippen LogP contribution in [0.2, 0.25) is 0 Å². The van der Waals surface area contributed by atoms with Crippen LogP contribution in [0.4, 0.5) is 8.78 Å². The van der Waals surface area contributed by atoms with Crippen molar-refractivity contribution in [1.82, 2.24) is 0 Å². The maximum absolute atomic E-state index is 13.5. The largest absolute Gasteiger partial charge is 0.295 e. The summed E-state index contributed by atoms with van der Waals surface area (Å²) < 4.78 is 58.5. The number of halogens is 2. The molecular weight excluding hydrogens is 290 g/mol. The minimum atomic E-state index is -4.68. The van der Waals surface area contributed by atoms with Gasteiger partial charge in [-0.3, -0.25) is 9.35 Å². The van der Waals surface area contributed by atoms with Crippen molar-refractivity contribution in [2.24, 2.45) is 0 Å². The molecule has 0 aliphatic carbocycles. The van der Waals surface area contributed by atoms with Gasteiger partial charge in [-0.25, -0.2) is 8.78 Å². The quantitative estimate of drug-likeness (QED) is 0.698. The van der Waals surface area contributed by atoms with Crippen LogP contribution in [0.1, 0.15) is 15.9 Å². The van der Waals surface area contributed by atoms with Crippen molar-refractivity contribution in [2.45, 2.75) is 4.90 Å². The molecule has 7 heteroatoms. The molecule has 1 N–H and O–H groups in total. The first-order chi connectivity index (χ1) is 9.32. The molecule has 0 amide bonds. The number of carbonyl (C=O) groups is 1. The molecule has 104 valence electrons. The first-order valence-corrected chi connectivity index (χ1v) is 6.81. The Hall–Kier alpha value is -2.12. The van der Waals surface area contributed by atoms with E-state index < -0.39 is 43.6 Å². The molecule has 0 aromatic heterocycles. The fraction of sp³-hybridized carbons (Fsp3) is 0. The molecule has 2 aromatic carbocycles. The molecule has 0 saturated carbocycles. The van der Waals surface area contributed by atoms with Crippen LogP contribution in [0.5, 0.6) is 0 Å². The van der Waals surface area contributed by atoms with Crippen LogP contribution in [0.3, 0.4) is 0 Å². The van der Waals surface area contributed by atoms with E-state index in [0.29, 0.717) is 0 Å². The van der Waals surface area contributed by atoms with Crippen LogP contribution in [0, 0.1) is 11.6 Å². The Morgan fingerprint density at radius 3 is 2.05 bits per heavy atom. The highest BCUT2D eigenvalue weighted by Crippen LogP contribution is 2.22. The first-order valence-electron chi connectivity index (χ1n) is 5.37. The summed E-state index contributed by atoms with van der Waals surface area (Å²) in [6.45, 7) is 0. The lowest BCUT2D eigenvalue weighted by Crippen LogP contribution is -2.12. The average molecular weight is 298 g/mol. The molecule has 0 bridgehead atoms. The summed E-state index contributed by atoms with van der Waals surface area (Å²) in [6, 6.07) is 7.48. The molecule has 0 aliphatic rings. The predicted molar refractivity (Wildman–Crippen MR) is 66.0 cm³/mol. The lowest BCUT2D eigenvalue weighted by atomic mass is 10.0. The fourth-order valence-electron chi connectivity index (χ4n) is 1.73. The third kappa shape index (κ3) is 2.59. The fourth-order valence-corrected chi connectivity index (χ4v) is 2.42. The molecule has 0 spiro atoms. The number of rotatable bonds is 3. The van der Waals surface area contributed by atoms with Gasteiger partial charge in [-0.15, -0.1) is 0 Å². The van der Waals surface area contributed by atoms with E-state index >= 15 is 0 Å². The van der Waals surface area contributed by atoms with E-state index in [1.807, 2.05) is 0 Å². The van der Waals surface area contributed by atoms with Gasteiger partial charge in [0.15, 0.2) is 5.78 Å². The number of hydrogen-bond donors (Lipinski definition) is 1. The second-order valence-electron chi connectivity index (χ2n) is 3.90. The standard InChI is InChI=1S/C13H8F2O4S/c14-9-5-3-6-10(15)12(9)13(16)8-4-1-2-7-11(8)20(17,18)19/h1-7H,(H,17,18,19). The molecular formula is C13H8F2O4S. The maximum Gasteiger partial charge on any atom is 0.295 e. The highest BCUT2D eigenvalue weighted by Gasteiger charge is 2.25. The highest BCUT2D eigenvalue weighted by atomic mass is 32.2. The van der Waals surface area contributed by atoms with Gasteiger partial charge in [-0.2, -0.15) is 8.42 Å². The van der Waals surface area contributed by atoms with Crippen molar-refractivity contribution in [3.05, 3.63) is 65.2 Å². The highest BCUT2D eigenvalue weighted by molar-refractivity contribution is 7.86. The van der Waals surface area contributed by atoms with Crippen molar-refractivity contribution >= 4 is 15.9 Å². The van der Waals surface area contributed by atoms with E-state index in [1.54, 1.807) is 0 Å². The molecule has 2 aromatic rings. The summed E-state index contributed by atoms with van der Waals surface area (Å²) in [5.41, 5.74) is -1.37. The average Bonchev–Trinajstić information content (AvgIpc) is 2.37. The van der Waals surface area contributed by atoms with E-state index in [0.717, 1.165) is 30.3 Å². The van der Waals surface area contributed by atoms with E-state index in [9.17, 15) is 22.0 Å². The topological polar surface area (TPSA) is 71.4 Å². The molecule has 0 atom stereocenters. The molecule has 0 unspecified atom stereocenters. The molecule has 0 saturated heterocycles. The van der Waals surface area contributed by atoms with Gasteiger partial charge in [0.25, 0.3) is 10.1 Å². The third-order valence-electron chi connectivity index (χ3n) is 2.60. The monoisotopic (exact) mass is 298 g/mol. The zero-order chi connectivity index (χ0) is 14.9. The van der Waals surface area contributed by atoms with Crippen molar-refractivity contribution in [2.75, 3.05) is 0 Å². The van der Waals surface area contributed by atoms with Crippen molar-refractivity contribution in [3.8, 4) is 0 Å². The first kappa shape index (κ1) is 14.3. The van der Waals surface area contributed by atoms with Gasteiger partial charge in [-0.1, -0.05) is 18.2 Å². The zero-order valence-corrected chi connectivity index (χ0v) is 10.7. The lowest BCUT2D eigenvalue weighted by Gasteiger charge is -2.07. The normalized spacial score (nSPS) is 11.3. The Kier molecular flexibility index (Phi) is 3.65. The van der Waals surface area contributed by atoms with Gasteiger partial charge in [0.1, 0.15) is 16.5 Å². The van der Waals surface area contributed by atoms with Gasteiger partial charge in [0.05, 0.1) is 5.56 Å². The summed E-state index contributed by atoms with van der Waals surface area (Å²) >= 11 is 0. The predicted octanol–water partition coefficient (Wildman–Crippen LogP) is 2.44. The lowest BCUT2D eigenvalue weighted by molar-refractivity contribution is 0.102. The number of ketones is 1. The summed E-state index contributed by atoms with van der Waals surface area (Å²) in [4.78, 5) is 11.4. The van der Waals surface area contributed by atoms with Crippen molar-refractivity contribution in [3.63, 3.8) is 0 Å². The molecule has 4 nitrogen and oxygen atoms in total. The van der Waals surface area contributed by atoms with Gasteiger partial charge in [0, 0.05) is 5.56 Å². The molecule has 0 aliphatic heterocycles. The number of hydrogen-bond acceptors (Lipinski definition) is 3. The Balaban J connectivity index is 2.67. The van der Waals surface area contributed by atoms with Crippen LogP contribution in [-0.2, 0) is 10.1 Å². The second-order valence-corrected chi connectivity index (χ2v) is 5.29. The zero-order valence-electron chi connectivity index (χ0n) is 9.88. The Labute approximate surface area is 113 Å². The Morgan fingerprint density at radius 1 is 0.950 bits per heavy atom. The molecule has 0 fully saturated rings. The van der Waals surface area contributed by atoms with Crippen LogP contribution in [0.15, 0.2) is 47.4 Å². The number of carbonyl (C=O) groups excluding carboxylic acids is 1. The minimum absolute atomic E-state index is 0.501. The Bertz CT molecular complexity index is 764. The van der Waals surface area contributed by atoms with E-state index in [2.05, 4.69) is 0 Å². The molecule has 0 heterocycles. The molecule has 0 radical (unpaired) electrons. The van der Waals surface area contributed by atoms with Crippen molar-refractivity contribution in [1.29, 1.82) is 0 Å². The van der Waals surface area contributed by atoms with Crippen LogP contribution in [-0.4, -0.2) is 18.8 Å². The second kappa shape index (κ2) is 5.10. The third-order valence-corrected chi connectivity index (χ3v) is 3.51. The SMILES string of the molecule is O=C(c1ccccc1S(=O)(=O)O)c1c(F)cccc1F. The summed E-state index contributed by atoms with van der Waals surface area (Å²) in [7, 11) is -4.68. The molecule has 20 heavy (non-hydrogen) atoms. The van der Waals surface area contributed by atoms with Crippen LogP contribution in [0.25, 0.3) is 0 Å². The van der Waals surface area contributed by atoms with E-state index in [1.165, 1.54) is 12.1 Å². The maximum atomic E-state index is 13.5. The smallest absolute Gasteiger partial charge is 0.288 e. The summed E-state index contributed by atoms with van der Waals surface area (Å²) in [5, 5.41) is 0. The van der Waals surface area contributed by atoms with Crippen LogP contribution < -0.4 is 0 Å². The van der Waals surface area contributed by atoms with Gasteiger partial charge in [0.2, 0.25) is 0 Å². The molecule has 2 rings (SSSR count). The van der Waals surface area contributed by atoms with Crippen molar-refractivity contribution < 1.29 is 26.5 Å². The minimum Gasteiger partial charge on any atom is -0.288 e.